The molecule has 2 aromatic rings. The average molecular weight is 192 g/mol. The Balaban J connectivity index is 2.53. The summed E-state index contributed by atoms with van der Waals surface area (Å²) >= 11 is 0.975. The monoisotopic (exact) mass is 192 g/mol. The Morgan fingerprint density at radius 1 is 1.00 bits per heavy atom. The molecular formula is C10H8O2S. The number of benzene rings is 1. The molecule has 1 heterocycles. The molecule has 0 bridgehead atoms. The molecule has 0 aliphatic heterocycles. The fourth-order valence-corrected chi connectivity index (χ4v) is 1.85. The molecule has 3 heteroatoms. The van der Waals surface area contributed by atoms with Gasteiger partial charge in [-0.1, -0.05) is 41.7 Å². The molecule has 0 spiro atoms. The van der Waals surface area contributed by atoms with Crippen LogP contribution < -0.4 is 0 Å². The first kappa shape index (κ1) is 8.13. The van der Waals surface area contributed by atoms with E-state index in [0.29, 0.717) is 5.56 Å². The summed E-state index contributed by atoms with van der Waals surface area (Å²) in [6.45, 7) is 0. The van der Waals surface area contributed by atoms with E-state index in [9.17, 15) is 5.11 Å². The van der Waals surface area contributed by atoms with Crippen LogP contribution in [0.1, 0.15) is 0 Å². The van der Waals surface area contributed by atoms with Gasteiger partial charge in [0.25, 0.3) is 0 Å². The molecule has 0 saturated heterocycles. The number of hydrogen-bond acceptors (Lipinski definition) is 3. The predicted octanol–water partition coefficient (Wildman–Crippen LogP) is 2.83. The summed E-state index contributed by atoms with van der Waals surface area (Å²) in [5.41, 5.74) is 1.60. The third kappa shape index (κ3) is 1.51. The zero-order valence-corrected chi connectivity index (χ0v) is 7.58. The van der Waals surface area contributed by atoms with Gasteiger partial charge in [-0.2, -0.15) is 0 Å². The summed E-state index contributed by atoms with van der Waals surface area (Å²) in [5, 5.41) is 18.9. The van der Waals surface area contributed by atoms with E-state index >= 15 is 0 Å². The first-order valence-corrected chi connectivity index (χ1v) is 4.66. The van der Waals surface area contributed by atoms with Crippen LogP contribution >= 0.6 is 11.3 Å². The second-order valence-electron chi connectivity index (χ2n) is 2.67. The quantitative estimate of drug-likeness (QED) is 0.729. The highest BCUT2D eigenvalue weighted by atomic mass is 32.1. The van der Waals surface area contributed by atoms with E-state index < -0.39 is 0 Å². The maximum atomic E-state index is 9.44. The highest BCUT2D eigenvalue weighted by molar-refractivity contribution is 7.16. The van der Waals surface area contributed by atoms with Crippen LogP contribution in [0.5, 0.6) is 10.1 Å². The van der Waals surface area contributed by atoms with Crippen molar-refractivity contribution in [2.75, 3.05) is 0 Å². The second-order valence-corrected chi connectivity index (χ2v) is 3.68. The molecule has 0 aliphatic rings. The van der Waals surface area contributed by atoms with Crippen LogP contribution in [0.25, 0.3) is 11.1 Å². The van der Waals surface area contributed by atoms with Gasteiger partial charge >= 0.3 is 0 Å². The molecule has 1 aromatic heterocycles. The van der Waals surface area contributed by atoms with Crippen molar-refractivity contribution in [3.63, 3.8) is 0 Å². The number of aromatic hydroxyl groups is 2. The Bertz CT molecular complexity index is 406. The largest absolute Gasteiger partial charge is 0.499 e. The summed E-state index contributed by atoms with van der Waals surface area (Å²) in [5.74, 6) is 0. The van der Waals surface area contributed by atoms with E-state index in [1.54, 1.807) is 6.07 Å². The molecule has 2 nitrogen and oxygen atoms in total. The van der Waals surface area contributed by atoms with E-state index in [-0.39, 0.29) is 10.1 Å². The van der Waals surface area contributed by atoms with Gasteiger partial charge in [0.05, 0.1) is 0 Å². The first-order valence-electron chi connectivity index (χ1n) is 3.84. The van der Waals surface area contributed by atoms with E-state index in [1.165, 1.54) is 0 Å². The van der Waals surface area contributed by atoms with Crippen molar-refractivity contribution >= 4 is 11.3 Å². The highest BCUT2D eigenvalue weighted by Crippen LogP contribution is 2.40. The predicted molar refractivity (Wildman–Crippen MR) is 53.1 cm³/mol. The summed E-state index contributed by atoms with van der Waals surface area (Å²) in [7, 11) is 0. The van der Waals surface area contributed by atoms with Crippen LogP contribution in [0.4, 0.5) is 0 Å². The minimum atomic E-state index is 0.136. The Hall–Kier alpha value is -1.48. The van der Waals surface area contributed by atoms with E-state index in [0.717, 1.165) is 16.9 Å². The van der Waals surface area contributed by atoms with Crippen LogP contribution in [0.15, 0.2) is 36.4 Å². The lowest BCUT2D eigenvalue weighted by molar-refractivity contribution is 0.488. The standard InChI is InChI=1S/C10H8O2S/c11-9-6-8(10(12)13-9)7-4-2-1-3-5-7/h1-6,11-12H. The Kier molecular flexibility index (Phi) is 1.94. The lowest BCUT2D eigenvalue weighted by Crippen LogP contribution is -1.71. The van der Waals surface area contributed by atoms with Crippen molar-refractivity contribution in [1.82, 2.24) is 0 Å². The van der Waals surface area contributed by atoms with Gasteiger partial charge in [-0.25, -0.2) is 0 Å². The number of hydrogen-bond donors (Lipinski definition) is 2. The van der Waals surface area contributed by atoms with Gasteiger partial charge in [0.15, 0.2) is 10.1 Å². The third-order valence-corrected chi connectivity index (χ3v) is 2.52. The molecular weight excluding hydrogens is 184 g/mol. The van der Waals surface area contributed by atoms with Crippen LogP contribution in [0.3, 0.4) is 0 Å². The van der Waals surface area contributed by atoms with E-state index in [1.807, 2.05) is 30.3 Å². The van der Waals surface area contributed by atoms with Crippen molar-refractivity contribution < 1.29 is 10.2 Å². The topological polar surface area (TPSA) is 40.5 Å². The Morgan fingerprint density at radius 2 is 1.69 bits per heavy atom. The van der Waals surface area contributed by atoms with Gasteiger partial charge in [-0.3, -0.25) is 0 Å². The molecule has 0 radical (unpaired) electrons. The maximum Gasteiger partial charge on any atom is 0.182 e. The molecule has 0 aliphatic carbocycles. The molecule has 2 rings (SSSR count). The molecule has 0 amide bonds. The van der Waals surface area contributed by atoms with Gasteiger partial charge in [-0.05, 0) is 5.56 Å². The van der Waals surface area contributed by atoms with Gasteiger partial charge in [-0.15, -0.1) is 0 Å². The number of thiophene rings is 1. The molecule has 0 atom stereocenters. The van der Waals surface area contributed by atoms with Crippen LogP contribution in [-0.4, -0.2) is 10.2 Å². The Morgan fingerprint density at radius 3 is 2.23 bits per heavy atom. The molecule has 0 fully saturated rings. The van der Waals surface area contributed by atoms with Crippen molar-refractivity contribution in [1.29, 1.82) is 0 Å². The molecule has 13 heavy (non-hydrogen) atoms. The zero-order chi connectivity index (χ0) is 9.26. The van der Waals surface area contributed by atoms with Crippen molar-refractivity contribution in [2.45, 2.75) is 0 Å². The SMILES string of the molecule is Oc1cc(-c2ccccc2)c(O)s1. The molecule has 66 valence electrons. The van der Waals surface area contributed by atoms with Gasteiger partial charge in [0.2, 0.25) is 0 Å². The van der Waals surface area contributed by atoms with Crippen LogP contribution in [-0.2, 0) is 0 Å². The summed E-state index contributed by atoms with van der Waals surface area (Å²) < 4.78 is 0. The van der Waals surface area contributed by atoms with Crippen LogP contribution in [0, 0.1) is 0 Å². The lowest BCUT2D eigenvalue weighted by Gasteiger charge is -1.96. The molecule has 1 aromatic carbocycles. The fraction of sp³-hybridized carbons (Fsp3) is 0. The molecule has 2 N–H and O–H groups in total. The van der Waals surface area contributed by atoms with Gasteiger partial charge < -0.3 is 10.2 Å². The molecule has 0 saturated carbocycles. The third-order valence-electron chi connectivity index (χ3n) is 1.78. The van der Waals surface area contributed by atoms with Gasteiger partial charge in [0.1, 0.15) is 0 Å². The Labute approximate surface area is 79.7 Å². The normalized spacial score (nSPS) is 10.2. The smallest absolute Gasteiger partial charge is 0.182 e. The van der Waals surface area contributed by atoms with Gasteiger partial charge in [0, 0.05) is 11.6 Å². The van der Waals surface area contributed by atoms with E-state index in [4.69, 9.17) is 5.11 Å². The fourth-order valence-electron chi connectivity index (χ4n) is 1.19. The first-order chi connectivity index (χ1) is 6.27. The average Bonchev–Trinajstić information content (AvgIpc) is 2.47. The number of rotatable bonds is 1. The zero-order valence-electron chi connectivity index (χ0n) is 6.77. The van der Waals surface area contributed by atoms with Crippen molar-refractivity contribution in [3.05, 3.63) is 36.4 Å². The summed E-state index contributed by atoms with van der Waals surface area (Å²) in [4.78, 5) is 0. The summed E-state index contributed by atoms with van der Waals surface area (Å²) in [6, 6.07) is 11.0. The van der Waals surface area contributed by atoms with E-state index in [2.05, 4.69) is 0 Å². The van der Waals surface area contributed by atoms with Crippen molar-refractivity contribution in [2.24, 2.45) is 0 Å². The van der Waals surface area contributed by atoms with Crippen molar-refractivity contribution in [3.8, 4) is 21.3 Å². The summed E-state index contributed by atoms with van der Waals surface area (Å²) in [6.07, 6.45) is 0. The highest BCUT2D eigenvalue weighted by Gasteiger charge is 2.08. The maximum absolute atomic E-state index is 9.44. The second kappa shape index (κ2) is 3.11. The minimum Gasteiger partial charge on any atom is -0.499 e. The lowest BCUT2D eigenvalue weighted by atomic mass is 10.1. The molecule has 0 unspecified atom stereocenters. The van der Waals surface area contributed by atoms with Crippen LogP contribution in [0.2, 0.25) is 0 Å². The minimum absolute atomic E-state index is 0.136.